The molecule has 1 aliphatic heterocycles. The number of rotatable bonds is 4. The smallest absolute Gasteiger partial charge is 0.161 e. The summed E-state index contributed by atoms with van der Waals surface area (Å²) in [6, 6.07) is 8.02. The van der Waals surface area contributed by atoms with Gasteiger partial charge in [0.25, 0.3) is 0 Å². The van der Waals surface area contributed by atoms with Crippen molar-refractivity contribution in [2.24, 2.45) is 0 Å². The third-order valence-corrected chi connectivity index (χ3v) is 5.41. The molecule has 0 atom stereocenters. The predicted octanol–water partition coefficient (Wildman–Crippen LogP) is 2.78. The minimum atomic E-state index is 0.694. The van der Waals surface area contributed by atoms with Gasteiger partial charge in [-0.25, -0.2) is 4.98 Å². The lowest BCUT2D eigenvalue weighted by atomic mass is 10.1. The van der Waals surface area contributed by atoms with Crippen LogP contribution < -0.4 is 14.4 Å². The highest BCUT2D eigenvalue weighted by atomic mass is 16.5. The molecule has 0 N–H and O–H groups in total. The van der Waals surface area contributed by atoms with Gasteiger partial charge in [-0.15, -0.1) is 0 Å². The van der Waals surface area contributed by atoms with E-state index in [2.05, 4.69) is 29.8 Å². The van der Waals surface area contributed by atoms with Crippen molar-refractivity contribution in [1.29, 1.82) is 0 Å². The second-order valence-electron chi connectivity index (χ2n) is 7.32. The third-order valence-electron chi connectivity index (χ3n) is 5.41. The summed E-state index contributed by atoms with van der Waals surface area (Å²) in [4.78, 5) is 9.52. The maximum atomic E-state index is 5.47. The Morgan fingerprint density at radius 1 is 0.929 bits per heavy atom. The lowest BCUT2D eigenvalue weighted by Crippen LogP contribution is -2.45. The fourth-order valence-corrected chi connectivity index (χ4v) is 3.74. The Hall–Kier alpha value is -2.80. The molecule has 3 heterocycles. The van der Waals surface area contributed by atoms with E-state index in [0.29, 0.717) is 11.5 Å². The Morgan fingerprint density at radius 3 is 2.32 bits per heavy atom. The van der Waals surface area contributed by atoms with Crippen LogP contribution >= 0.6 is 0 Å². The first-order valence-electron chi connectivity index (χ1n) is 9.54. The van der Waals surface area contributed by atoms with Gasteiger partial charge in [0.15, 0.2) is 17.1 Å². The number of benzene rings is 1. The fourth-order valence-electron chi connectivity index (χ4n) is 3.74. The van der Waals surface area contributed by atoms with Gasteiger partial charge in [0.2, 0.25) is 0 Å². The molecule has 7 nitrogen and oxygen atoms in total. The van der Waals surface area contributed by atoms with Crippen LogP contribution in [-0.2, 0) is 0 Å². The van der Waals surface area contributed by atoms with E-state index in [1.165, 1.54) is 0 Å². The highest BCUT2D eigenvalue weighted by Crippen LogP contribution is 2.34. The summed E-state index contributed by atoms with van der Waals surface area (Å²) in [7, 11) is 5.45. The Balaban J connectivity index is 1.83. The molecule has 7 heteroatoms. The largest absolute Gasteiger partial charge is 0.493 e. The second kappa shape index (κ2) is 7.31. The number of likely N-dealkylation sites (N-methyl/N-ethyl adjacent to an activating group) is 1. The molecule has 3 aromatic rings. The van der Waals surface area contributed by atoms with Gasteiger partial charge in [0.1, 0.15) is 5.82 Å². The molecule has 1 aliphatic rings. The number of anilines is 1. The van der Waals surface area contributed by atoms with Gasteiger partial charge in [-0.05, 0) is 39.1 Å². The Morgan fingerprint density at radius 2 is 1.64 bits per heavy atom. The first-order chi connectivity index (χ1) is 13.5. The summed E-state index contributed by atoms with van der Waals surface area (Å²) in [5.41, 5.74) is 4.87. The van der Waals surface area contributed by atoms with E-state index in [1.54, 1.807) is 14.2 Å². The molecule has 1 saturated heterocycles. The summed E-state index contributed by atoms with van der Waals surface area (Å²) >= 11 is 0. The van der Waals surface area contributed by atoms with Crippen molar-refractivity contribution >= 4 is 11.5 Å². The molecule has 0 amide bonds. The average molecular weight is 381 g/mol. The normalized spacial score (nSPS) is 15.2. The van der Waals surface area contributed by atoms with Gasteiger partial charge in [-0.2, -0.15) is 9.61 Å². The number of nitrogens with zero attached hydrogens (tertiary/aromatic N) is 5. The molecule has 1 fully saturated rings. The summed E-state index contributed by atoms with van der Waals surface area (Å²) in [6.07, 6.45) is 0. The Labute approximate surface area is 165 Å². The van der Waals surface area contributed by atoms with Gasteiger partial charge in [0, 0.05) is 49.1 Å². The second-order valence-corrected chi connectivity index (χ2v) is 7.32. The topological polar surface area (TPSA) is 55.1 Å². The van der Waals surface area contributed by atoms with Crippen LogP contribution in [0.3, 0.4) is 0 Å². The summed E-state index contributed by atoms with van der Waals surface area (Å²) in [5.74, 6) is 2.50. The first-order valence-corrected chi connectivity index (χ1v) is 9.54. The summed E-state index contributed by atoms with van der Waals surface area (Å²) in [6.45, 7) is 8.19. The zero-order chi connectivity index (χ0) is 19.8. The minimum absolute atomic E-state index is 0.694. The molecular formula is C21H27N5O2. The van der Waals surface area contributed by atoms with E-state index in [1.807, 2.05) is 29.6 Å². The van der Waals surface area contributed by atoms with Crippen molar-refractivity contribution in [2.45, 2.75) is 13.8 Å². The number of methoxy groups -OCH3 is 2. The summed E-state index contributed by atoms with van der Waals surface area (Å²) < 4.78 is 12.8. The molecule has 0 spiro atoms. The molecule has 0 radical (unpaired) electrons. The van der Waals surface area contributed by atoms with Crippen LogP contribution in [0.4, 0.5) is 5.82 Å². The zero-order valence-corrected chi connectivity index (χ0v) is 17.2. The molecular weight excluding hydrogens is 354 g/mol. The molecule has 1 aromatic carbocycles. The zero-order valence-electron chi connectivity index (χ0n) is 17.2. The van der Waals surface area contributed by atoms with Crippen molar-refractivity contribution in [3.05, 3.63) is 35.5 Å². The SMILES string of the molecule is COc1ccc(-c2nn3c(N4CCN(C)CC4)cc(C)nc3c2C)cc1OC. The number of ether oxygens (including phenoxy) is 2. The van der Waals surface area contributed by atoms with Crippen LogP contribution in [0.15, 0.2) is 24.3 Å². The van der Waals surface area contributed by atoms with E-state index in [9.17, 15) is 0 Å². The van der Waals surface area contributed by atoms with E-state index < -0.39 is 0 Å². The van der Waals surface area contributed by atoms with Gasteiger partial charge >= 0.3 is 0 Å². The molecule has 0 bridgehead atoms. The van der Waals surface area contributed by atoms with Gasteiger partial charge in [0.05, 0.1) is 19.9 Å². The number of aromatic nitrogens is 3. The number of fused-ring (bicyclic) bond motifs is 1. The average Bonchev–Trinajstić information content (AvgIpc) is 3.04. The Kier molecular flexibility index (Phi) is 4.85. The number of hydrogen-bond acceptors (Lipinski definition) is 6. The minimum Gasteiger partial charge on any atom is -0.493 e. The van der Waals surface area contributed by atoms with Crippen LogP contribution in [0, 0.1) is 13.8 Å². The monoisotopic (exact) mass is 381 g/mol. The standard InChI is InChI=1S/C21H27N5O2/c1-14-12-19(25-10-8-24(3)9-11-25)26-21(22-14)15(2)20(23-26)16-6-7-17(27-4)18(13-16)28-5/h6-7,12-13H,8-11H2,1-5H3. The van der Waals surface area contributed by atoms with Crippen LogP contribution in [0.1, 0.15) is 11.3 Å². The number of hydrogen-bond donors (Lipinski definition) is 0. The highest BCUT2D eigenvalue weighted by Gasteiger charge is 2.21. The lowest BCUT2D eigenvalue weighted by Gasteiger charge is -2.34. The first kappa shape index (κ1) is 18.6. The van der Waals surface area contributed by atoms with Crippen molar-refractivity contribution in [2.75, 3.05) is 52.3 Å². The molecule has 2 aromatic heterocycles. The predicted molar refractivity (Wildman–Crippen MR) is 111 cm³/mol. The molecule has 0 unspecified atom stereocenters. The van der Waals surface area contributed by atoms with Crippen molar-refractivity contribution in [3.8, 4) is 22.8 Å². The Bertz CT molecular complexity index is 1010. The van der Waals surface area contributed by atoms with E-state index in [0.717, 1.165) is 60.2 Å². The number of piperazine rings is 1. The number of aryl methyl sites for hydroxylation is 2. The maximum absolute atomic E-state index is 5.47. The van der Waals surface area contributed by atoms with Crippen LogP contribution in [-0.4, -0.2) is 66.9 Å². The van der Waals surface area contributed by atoms with Gasteiger partial charge in [-0.3, -0.25) is 0 Å². The quantitative estimate of drug-likeness (QED) is 0.693. The summed E-state index contributed by atoms with van der Waals surface area (Å²) in [5, 5.41) is 4.95. The van der Waals surface area contributed by atoms with Crippen LogP contribution in [0.5, 0.6) is 11.5 Å². The van der Waals surface area contributed by atoms with Crippen LogP contribution in [0.25, 0.3) is 16.9 Å². The molecule has 0 aliphatic carbocycles. The lowest BCUT2D eigenvalue weighted by molar-refractivity contribution is 0.311. The van der Waals surface area contributed by atoms with Gasteiger partial charge < -0.3 is 19.3 Å². The third kappa shape index (κ3) is 3.16. The van der Waals surface area contributed by atoms with Crippen LogP contribution in [0.2, 0.25) is 0 Å². The van der Waals surface area contributed by atoms with E-state index in [-0.39, 0.29) is 0 Å². The highest BCUT2D eigenvalue weighted by molar-refractivity contribution is 5.73. The van der Waals surface area contributed by atoms with Crippen molar-refractivity contribution in [1.82, 2.24) is 19.5 Å². The molecule has 4 rings (SSSR count). The van der Waals surface area contributed by atoms with E-state index >= 15 is 0 Å². The fraction of sp³-hybridized carbons (Fsp3) is 0.429. The molecule has 0 saturated carbocycles. The maximum Gasteiger partial charge on any atom is 0.161 e. The molecule has 148 valence electrons. The van der Waals surface area contributed by atoms with Crippen molar-refractivity contribution < 1.29 is 9.47 Å². The molecule has 28 heavy (non-hydrogen) atoms. The van der Waals surface area contributed by atoms with Gasteiger partial charge in [-0.1, -0.05) is 0 Å². The van der Waals surface area contributed by atoms with E-state index in [4.69, 9.17) is 19.6 Å². The van der Waals surface area contributed by atoms with Crippen molar-refractivity contribution in [3.63, 3.8) is 0 Å².